The zero-order valence-corrected chi connectivity index (χ0v) is 12.4. The quantitative estimate of drug-likeness (QED) is 0.784. The third-order valence-corrected chi connectivity index (χ3v) is 3.51. The first-order valence-corrected chi connectivity index (χ1v) is 6.94. The Morgan fingerprint density at radius 2 is 1.95 bits per heavy atom. The predicted octanol–water partition coefficient (Wildman–Crippen LogP) is 2.96. The number of hydrogen-bond donors (Lipinski definition) is 0. The lowest BCUT2D eigenvalue weighted by Gasteiger charge is -2.42. The molecule has 1 heterocycles. The van der Waals surface area contributed by atoms with Crippen LogP contribution in [0, 0.1) is 17.5 Å². The van der Waals surface area contributed by atoms with E-state index in [1.807, 2.05) is 0 Å². The maximum atomic E-state index is 13.7. The largest absolute Gasteiger partial charge is 0.367 e. The van der Waals surface area contributed by atoms with Crippen LogP contribution in [0.15, 0.2) is 12.1 Å². The Morgan fingerprint density at radius 1 is 1.38 bits per heavy atom. The molecule has 2 rings (SSSR count). The Kier molecular flexibility index (Phi) is 4.49. The SMILES string of the molecule is CC1(C)CN(C(=O)c2c(F)cc(F)cc2F)CC(CCl)O1. The lowest BCUT2D eigenvalue weighted by Crippen LogP contribution is -2.55. The summed E-state index contributed by atoms with van der Waals surface area (Å²) in [5.74, 6) is -4.19. The number of carbonyl (C=O) groups is 1. The van der Waals surface area contributed by atoms with Gasteiger partial charge in [-0.05, 0) is 13.8 Å². The van der Waals surface area contributed by atoms with Gasteiger partial charge in [0.15, 0.2) is 0 Å². The van der Waals surface area contributed by atoms with Crippen molar-refractivity contribution in [3.05, 3.63) is 35.1 Å². The molecule has 0 aromatic heterocycles. The molecule has 7 heteroatoms. The van der Waals surface area contributed by atoms with Gasteiger partial charge in [-0.25, -0.2) is 13.2 Å². The van der Waals surface area contributed by atoms with Crippen LogP contribution in [0.5, 0.6) is 0 Å². The van der Waals surface area contributed by atoms with Crippen molar-refractivity contribution in [1.82, 2.24) is 4.90 Å². The highest BCUT2D eigenvalue weighted by Crippen LogP contribution is 2.25. The van der Waals surface area contributed by atoms with Gasteiger partial charge in [0.1, 0.15) is 23.0 Å². The Morgan fingerprint density at radius 3 is 2.48 bits per heavy atom. The van der Waals surface area contributed by atoms with E-state index in [2.05, 4.69) is 0 Å². The second kappa shape index (κ2) is 5.85. The molecule has 0 N–H and O–H groups in total. The number of hydrogen-bond acceptors (Lipinski definition) is 2. The zero-order chi connectivity index (χ0) is 15.8. The maximum Gasteiger partial charge on any atom is 0.260 e. The fraction of sp³-hybridized carbons (Fsp3) is 0.500. The van der Waals surface area contributed by atoms with Crippen LogP contribution >= 0.6 is 11.6 Å². The fourth-order valence-corrected chi connectivity index (χ4v) is 2.60. The van der Waals surface area contributed by atoms with Gasteiger partial charge in [-0.15, -0.1) is 11.6 Å². The minimum Gasteiger partial charge on any atom is -0.367 e. The number of nitrogens with zero attached hydrogens (tertiary/aromatic N) is 1. The van der Waals surface area contributed by atoms with Gasteiger partial charge >= 0.3 is 0 Å². The maximum absolute atomic E-state index is 13.7. The van der Waals surface area contributed by atoms with Crippen molar-refractivity contribution in [2.24, 2.45) is 0 Å². The highest BCUT2D eigenvalue weighted by molar-refractivity contribution is 6.18. The fourth-order valence-electron chi connectivity index (χ4n) is 2.44. The van der Waals surface area contributed by atoms with Gasteiger partial charge in [-0.2, -0.15) is 0 Å². The Labute approximate surface area is 125 Å². The van der Waals surface area contributed by atoms with Crippen molar-refractivity contribution in [1.29, 1.82) is 0 Å². The average Bonchev–Trinajstić information content (AvgIpc) is 2.35. The summed E-state index contributed by atoms with van der Waals surface area (Å²) in [7, 11) is 0. The molecule has 1 aliphatic heterocycles. The zero-order valence-electron chi connectivity index (χ0n) is 11.6. The van der Waals surface area contributed by atoms with Crippen molar-refractivity contribution in [2.75, 3.05) is 19.0 Å². The van der Waals surface area contributed by atoms with Gasteiger partial charge in [-0.3, -0.25) is 4.79 Å². The number of benzene rings is 1. The van der Waals surface area contributed by atoms with Crippen molar-refractivity contribution < 1.29 is 22.7 Å². The Hall–Kier alpha value is -1.27. The topological polar surface area (TPSA) is 29.5 Å². The summed E-state index contributed by atoms with van der Waals surface area (Å²) >= 11 is 5.75. The summed E-state index contributed by atoms with van der Waals surface area (Å²) in [4.78, 5) is 13.6. The third-order valence-electron chi connectivity index (χ3n) is 3.16. The molecule has 1 aliphatic rings. The van der Waals surface area contributed by atoms with Gasteiger partial charge in [0.05, 0.1) is 17.6 Å². The van der Waals surface area contributed by atoms with Crippen LogP contribution in [0.25, 0.3) is 0 Å². The first-order chi connectivity index (χ1) is 9.73. The van der Waals surface area contributed by atoms with E-state index in [1.165, 1.54) is 4.90 Å². The summed E-state index contributed by atoms with van der Waals surface area (Å²) in [5, 5.41) is 0. The summed E-state index contributed by atoms with van der Waals surface area (Å²) in [6, 6.07) is 0.974. The number of morpholine rings is 1. The van der Waals surface area contributed by atoms with Crippen LogP contribution in [0.4, 0.5) is 13.2 Å². The standard InChI is InChI=1S/C14H15ClF3NO2/c1-14(2)7-19(6-9(5-15)21-14)13(20)12-10(17)3-8(16)4-11(12)18/h3-4,9H,5-7H2,1-2H3. The number of alkyl halides is 1. The molecular formula is C14H15ClF3NO2. The van der Waals surface area contributed by atoms with E-state index in [9.17, 15) is 18.0 Å². The highest BCUT2D eigenvalue weighted by Gasteiger charge is 2.37. The summed E-state index contributed by atoms with van der Waals surface area (Å²) in [6.07, 6.45) is -0.425. The smallest absolute Gasteiger partial charge is 0.260 e. The molecular weight excluding hydrogens is 307 g/mol. The molecule has 21 heavy (non-hydrogen) atoms. The van der Waals surface area contributed by atoms with E-state index in [4.69, 9.17) is 16.3 Å². The van der Waals surface area contributed by atoms with Crippen molar-refractivity contribution >= 4 is 17.5 Å². The molecule has 0 radical (unpaired) electrons. The summed E-state index contributed by atoms with van der Waals surface area (Å²) in [5.41, 5.74) is -1.44. The molecule has 1 unspecified atom stereocenters. The van der Waals surface area contributed by atoms with Gasteiger partial charge < -0.3 is 9.64 Å². The monoisotopic (exact) mass is 321 g/mol. The molecule has 1 atom stereocenters. The van der Waals surface area contributed by atoms with Crippen LogP contribution < -0.4 is 0 Å². The van der Waals surface area contributed by atoms with E-state index in [-0.39, 0.29) is 19.0 Å². The van der Waals surface area contributed by atoms with Crippen LogP contribution in [0.3, 0.4) is 0 Å². The van der Waals surface area contributed by atoms with E-state index >= 15 is 0 Å². The molecule has 1 fully saturated rings. The van der Waals surface area contributed by atoms with Crippen molar-refractivity contribution in [3.8, 4) is 0 Å². The number of ether oxygens (including phenoxy) is 1. The number of halogens is 4. The lowest BCUT2D eigenvalue weighted by atomic mass is 10.0. The molecule has 0 saturated carbocycles. The summed E-state index contributed by atoms with van der Waals surface area (Å²) in [6.45, 7) is 3.80. The van der Waals surface area contributed by atoms with Gasteiger partial charge in [0, 0.05) is 25.2 Å². The number of carbonyl (C=O) groups excluding carboxylic acids is 1. The van der Waals surface area contributed by atoms with E-state index in [0.717, 1.165) is 0 Å². The van der Waals surface area contributed by atoms with Crippen molar-refractivity contribution in [2.45, 2.75) is 25.6 Å². The third kappa shape index (κ3) is 3.49. The second-order valence-corrected chi connectivity index (χ2v) is 5.89. The van der Waals surface area contributed by atoms with E-state index in [0.29, 0.717) is 12.1 Å². The van der Waals surface area contributed by atoms with Crippen LogP contribution in [0.2, 0.25) is 0 Å². The number of rotatable bonds is 2. The lowest BCUT2D eigenvalue weighted by molar-refractivity contribution is -0.117. The molecule has 1 aromatic rings. The molecule has 3 nitrogen and oxygen atoms in total. The number of amides is 1. The average molecular weight is 322 g/mol. The van der Waals surface area contributed by atoms with Crippen LogP contribution in [-0.2, 0) is 4.74 Å². The van der Waals surface area contributed by atoms with Crippen LogP contribution in [0.1, 0.15) is 24.2 Å². The first kappa shape index (κ1) is 16.1. The Balaban J connectivity index is 2.31. The molecule has 1 amide bonds. The molecule has 116 valence electrons. The highest BCUT2D eigenvalue weighted by atomic mass is 35.5. The van der Waals surface area contributed by atoms with Crippen molar-refractivity contribution in [3.63, 3.8) is 0 Å². The van der Waals surface area contributed by atoms with Gasteiger partial charge in [-0.1, -0.05) is 0 Å². The van der Waals surface area contributed by atoms with Crippen LogP contribution in [-0.4, -0.2) is 41.5 Å². The minimum atomic E-state index is -1.22. The molecule has 0 bridgehead atoms. The minimum absolute atomic E-state index is 0.127. The van der Waals surface area contributed by atoms with Gasteiger partial charge in [0.25, 0.3) is 5.91 Å². The van der Waals surface area contributed by atoms with E-state index < -0.39 is 40.6 Å². The summed E-state index contributed by atoms with van der Waals surface area (Å²) < 4.78 is 46.0. The molecule has 0 aliphatic carbocycles. The molecule has 1 saturated heterocycles. The van der Waals surface area contributed by atoms with Gasteiger partial charge in [0.2, 0.25) is 0 Å². The Bertz CT molecular complexity index is 542. The predicted molar refractivity (Wildman–Crippen MR) is 71.9 cm³/mol. The molecule has 0 spiro atoms. The normalized spacial score (nSPS) is 21.4. The second-order valence-electron chi connectivity index (χ2n) is 5.58. The molecule has 1 aromatic carbocycles. The first-order valence-electron chi connectivity index (χ1n) is 6.41. The van der Waals surface area contributed by atoms with E-state index in [1.54, 1.807) is 13.8 Å².